The van der Waals surface area contributed by atoms with E-state index in [0.29, 0.717) is 0 Å². The largest absolute Gasteiger partial charge is 0.344 e. The average molecular weight is 620 g/mol. The topological polar surface area (TPSA) is 36.8 Å². The van der Waals surface area contributed by atoms with Crippen LogP contribution in [0.4, 0.5) is 0 Å². The van der Waals surface area contributed by atoms with E-state index >= 15 is 0 Å². The summed E-state index contributed by atoms with van der Waals surface area (Å²) in [6.45, 7) is 0. The molecule has 222 valence electrons. The van der Waals surface area contributed by atoms with Crippen molar-refractivity contribution in [3.05, 3.63) is 180 Å². The smallest absolute Gasteiger partial charge is 0.159 e. The minimum atomic E-state index is -0.261. The van der Waals surface area contributed by atoms with Crippen LogP contribution in [-0.2, 0) is 0 Å². The lowest BCUT2D eigenvalue weighted by Gasteiger charge is -2.24. The van der Waals surface area contributed by atoms with Crippen molar-refractivity contribution < 1.29 is 0 Å². The van der Waals surface area contributed by atoms with Gasteiger partial charge in [-0.3, -0.25) is 0 Å². The van der Waals surface area contributed by atoms with Crippen molar-refractivity contribution in [2.24, 2.45) is 9.98 Å². The molecule has 0 saturated heterocycles. The summed E-state index contributed by atoms with van der Waals surface area (Å²) in [5.74, 6) is 1.54. The fraction of sp³-hybridized carbons (Fsp3) is 0.0233. The standard InChI is InChI=1S/C43H29N3S/c1-3-15-29(16-4-1)41-44-42(30-17-5-2-6-18-30)46-43(45-41)31-26-37(40-36-23-11-12-25-38(36)47-39(40)27-31)35-22-10-9-21-34(35)33-24-13-19-28-14-7-8-20-32(28)33/h1-27,41H,(H,44,45,46). The van der Waals surface area contributed by atoms with Gasteiger partial charge < -0.3 is 5.32 Å². The minimum absolute atomic E-state index is 0.261. The summed E-state index contributed by atoms with van der Waals surface area (Å²) in [5, 5.41) is 8.73. The molecule has 0 fully saturated rings. The van der Waals surface area contributed by atoms with Crippen molar-refractivity contribution in [2.75, 3.05) is 0 Å². The zero-order valence-corrected chi connectivity index (χ0v) is 26.3. The van der Waals surface area contributed by atoms with E-state index in [9.17, 15) is 0 Å². The molecule has 1 N–H and O–H groups in total. The highest BCUT2D eigenvalue weighted by Crippen LogP contribution is 2.44. The monoisotopic (exact) mass is 619 g/mol. The Bertz CT molecular complexity index is 2490. The number of hydrogen-bond acceptors (Lipinski definition) is 4. The summed E-state index contributed by atoms with van der Waals surface area (Å²) >= 11 is 1.83. The molecule has 4 heteroatoms. The molecule has 0 saturated carbocycles. The van der Waals surface area contributed by atoms with E-state index in [0.717, 1.165) is 28.4 Å². The molecule has 2 heterocycles. The molecule has 47 heavy (non-hydrogen) atoms. The lowest BCUT2D eigenvalue weighted by atomic mass is 9.89. The molecule has 0 amide bonds. The van der Waals surface area contributed by atoms with Gasteiger partial charge in [0, 0.05) is 31.3 Å². The lowest BCUT2D eigenvalue weighted by Crippen LogP contribution is -2.33. The molecule has 1 aliphatic heterocycles. The fourth-order valence-electron chi connectivity index (χ4n) is 6.74. The van der Waals surface area contributed by atoms with Crippen LogP contribution >= 0.6 is 11.3 Å². The van der Waals surface area contributed by atoms with Crippen molar-refractivity contribution in [1.82, 2.24) is 5.32 Å². The normalized spacial score (nSPS) is 14.6. The zero-order valence-electron chi connectivity index (χ0n) is 25.5. The second-order valence-electron chi connectivity index (χ2n) is 11.8. The van der Waals surface area contributed by atoms with Gasteiger partial charge >= 0.3 is 0 Å². The van der Waals surface area contributed by atoms with E-state index in [1.54, 1.807) is 0 Å². The predicted octanol–water partition coefficient (Wildman–Crippen LogP) is 11.0. The second kappa shape index (κ2) is 11.5. The number of hydrogen-bond donors (Lipinski definition) is 1. The first-order valence-corrected chi connectivity index (χ1v) is 16.7. The van der Waals surface area contributed by atoms with Gasteiger partial charge in [-0.2, -0.15) is 0 Å². The number of thiophene rings is 1. The quantitative estimate of drug-likeness (QED) is 0.204. The molecule has 3 nitrogen and oxygen atoms in total. The summed E-state index contributed by atoms with van der Waals surface area (Å²) < 4.78 is 2.51. The van der Waals surface area contributed by atoms with Crippen LogP contribution in [0.2, 0.25) is 0 Å². The third-order valence-electron chi connectivity index (χ3n) is 8.94. The maximum atomic E-state index is 5.18. The van der Waals surface area contributed by atoms with Crippen molar-refractivity contribution in [2.45, 2.75) is 6.17 Å². The van der Waals surface area contributed by atoms with Gasteiger partial charge in [-0.25, -0.2) is 9.98 Å². The van der Waals surface area contributed by atoms with E-state index in [4.69, 9.17) is 9.98 Å². The molecular formula is C43H29N3S. The highest BCUT2D eigenvalue weighted by atomic mass is 32.1. The van der Waals surface area contributed by atoms with Crippen molar-refractivity contribution in [3.8, 4) is 22.3 Å². The first kappa shape index (κ1) is 27.5. The zero-order chi connectivity index (χ0) is 31.2. The maximum Gasteiger partial charge on any atom is 0.159 e. The van der Waals surface area contributed by atoms with Crippen LogP contribution in [0.15, 0.2) is 174 Å². The van der Waals surface area contributed by atoms with Crippen LogP contribution in [0.3, 0.4) is 0 Å². The second-order valence-corrected chi connectivity index (χ2v) is 12.9. The Hall–Kier alpha value is -5.84. The van der Waals surface area contributed by atoms with Crippen LogP contribution in [0.25, 0.3) is 53.2 Å². The van der Waals surface area contributed by atoms with Crippen molar-refractivity contribution >= 4 is 54.0 Å². The third kappa shape index (κ3) is 4.91. The molecule has 8 aromatic rings. The molecule has 7 aromatic carbocycles. The fourth-order valence-corrected chi connectivity index (χ4v) is 7.91. The van der Waals surface area contributed by atoms with Crippen LogP contribution in [0, 0.1) is 0 Å². The number of benzene rings is 7. The summed E-state index contributed by atoms with van der Waals surface area (Å²) in [6, 6.07) is 58.1. The number of nitrogens with zero attached hydrogens (tertiary/aromatic N) is 2. The van der Waals surface area contributed by atoms with Gasteiger partial charge in [0.25, 0.3) is 0 Å². The number of rotatable bonds is 5. The summed E-state index contributed by atoms with van der Waals surface area (Å²) in [6.07, 6.45) is -0.261. The number of nitrogens with one attached hydrogen (secondary N) is 1. The van der Waals surface area contributed by atoms with E-state index < -0.39 is 0 Å². The van der Waals surface area contributed by atoms with E-state index in [1.165, 1.54) is 53.2 Å². The molecule has 1 aromatic heterocycles. The Morgan fingerprint density at radius 3 is 1.96 bits per heavy atom. The molecule has 0 spiro atoms. The van der Waals surface area contributed by atoms with Crippen molar-refractivity contribution in [1.29, 1.82) is 0 Å². The lowest BCUT2D eigenvalue weighted by molar-refractivity contribution is 0.674. The molecule has 9 rings (SSSR count). The molecule has 0 bridgehead atoms. The van der Waals surface area contributed by atoms with E-state index in [1.807, 2.05) is 35.6 Å². The van der Waals surface area contributed by atoms with Crippen LogP contribution in [-0.4, -0.2) is 11.7 Å². The van der Waals surface area contributed by atoms with Gasteiger partial charge in [-0.1, -0.05) is 146 Å². The van der Waals surface area contributed by atoms with Gasteiger partial charge in [0.05, 0.1) is 0 Å². The molecule has 1 atom stereocenters. The average Bonchev–Trinajstić information content (AvgIpc) is 3.53. The predicted molar refractivity (Wildman–Crippen MR) is 200 cm³/mol. The molecule has 0 aliphatic carbocycles. The van der Waals surface area contributed by atoms with Gasteiger partial charge in [0.15, 0.2) is 5.84 Å². The van der Waals surface area contributed by atoms with Gasteiger partial charge in [0.1, 0.15) is 12.0 Å². The third-order valence-corrected chi connectivity index (χ3v) is 10.1. The SMILES string of the molecule is c1ccc(C2=NC(c3ccccc3)NC(c3cc(-c4ccccc4-c4cccc5ccccc45)c4c(c3)sc3ccccc34)=N2)cc1. The Morgan fingerprint density at radius 1 is 0.489 bits per heavy atom. The van der Waals surface area contributed by atoms with E-state index in [2.05, 4.69) is 145 Å². The first-order valence-electron chi connectivity index (χ1n) is 15.9. The number of fused-ring (bicyclic) bond motifs is 4. The van der Waals surface area contributed by atoms with Gasteiger partial charge in [-0.05, 0) is 56.8 Å². The molecular weight excluding hydrogens is 591 g/mol. The van der Waals surface area contributed by atoms with Crippen LogP contribution < -0.4 is 5.32 Å². The van der Waals surface area contributed by atoms with Gasteiger partial charge in [-0.15, -0.1) is 11.3 Å². The Labute approximate surface area is 277 Å². The Kier molecular flexibility index (Phi) is 6.72. The first-order chi connectivity index (χ1) is 23.3. The summed E-state index contributed by atoms with van der Waals surface area (Å²) in [7, 11) is 0. The highest BCUT2D eigenvalue weighted by Gasteiger charge is 2.23. The number of amidine groups is 2. The molecule has 1 unspecified atom stereocenters. The maximum absolute atomic E-state index is 5.18. The molecule has 1 aliphatic rings. The summed E-state index contributed by atoms with van der Waals surface area (Å²) in [5.41, 5.74) is 7.97. The van der Waals surface area contributed by atoms with Gasteiger partial charge in [0.2, 0.25) is 0 Å². The number of aliphatic imine (C=N–C) groups is 2. The van der Waals surface area contributed by atoms with E-state index in [-0.39, 0.29) is 6.17 Å². The highest BCUT2D eigenvalue weighted by molar-refractivity contribution is 7.26. The molecule has 0 radical (unpaired) electrons. The van der Waals surface area contributed by atoms with Crippen LogP contribution in [0.1, 0.15) is 22.9 Å². The van der Waals surface area contributed by atoms with Crippen molar-refractivity contribution in [3.63, 3.8) is 0 Å². The Balaban J connectivity index is 1.29. The minimum Gasteiger partial charge on any atom is -0.344 e. The Morgan fingerprint density at radius 2 is 1.13 bits per heavy atom. The summed E-state index contributed by atoms with van der Waals surface area (Å²) in [4.78, 5) is 10.3. The van der Waals surface area contributed by atoms with Crippen LogP contribution in [0.5, 0.6) is 0 Å².